The molecule has 1 aliphatic carbocycles. The Morgan fingerprint density at radius 2 is 1.88 bits per heavy atom. The SMILES string of the molecule is Cc1ccc(Nc2cc(C3CC3)ncn2)cc1. The van der Waals surface area contributed by atoms with Crippen LogP contribution in [0.5, 0.6) is 0 Å². The molecule has 0 unspecified atom stereocenters. The molecule has 2 aromatic rings. The summed E-state index contributed by atoms with van der Waals surface area (Å²) in [6.07, 6.45) is 4.17. The quantitative estimate of drug-likeness (QED) is 0.869. The highest BCUT2D eigenvalue weighted by Crippen LogP contribution is 2.39. The standard InChI is InChI=1S/C14H15N3/c1-10-2-6-12(7-3-10)17-14-8-13(11-4-5-11)15-9-16-14/h2-3,6-9,11H,4-5H2,1H3,(H,15,16,17). The van der Waals surface area contributed by atoms with Crippen LogP contribution in [0.25, 0.3) is 0 Å². The number of nitrogens with one attached hydrogen (secondary N) is 1. The molecule has 1 aromatic heterocycles. The van der Waals surface area contributed by atoms with Gasteiger partial charge in [-0.2, -0.15) is 0 Å². The highest BCUT2D eigenvalue weighted by molar-refractivity contribution is 5.56. The monoisotopic (exact) mass is 225 g/mol. The van der Waals surface area contributed by atoms with E-state index in [2.05, 4.69) is 52.5 Å². The lowest BCUT2D eigenvalue weighted by Crippen LogP contribution is -1.96. The van der Waals surface area contributed by atoms with Gasteiger partial charge in [-0.15, -0.1) is 0 Å². The van der Waals surface area contributed by atoms with E-state index in [0.717, 1.165) is 17.2 Å². The van der Waals surface area contributed by atoms with Crippen molar-refractivity contribution in [2.24, 2.45) is 0 Å². The molecule has 1 N–H and O–H groups in total. The lowest BCUT2D eigenvalue weighted by atomic mass is 10.2. The first-order chi connectivity index (χ1) is 8.31. The number of benzene rings is 1. The molecule has 0 spiro atoms. The fraction of sp³-hybridized carbons (Fsp3) is 0.286. The summed E-state index contributed by atoms with van der Waals surface area (Å²) in [5.74, 6) is 1.54. The largest absolute Gasteiger partial charge is 0.340 e. The molecule has 1 saturated carbocycles. The first-order valence-electron chi connectivity index (χ1n) is 5.97. The van der Waals surface area contributed by atoms with E-state index >= 15 is 0 Å². The second-order valence-corrected chi connectivity index (χ2v) is 4.59. The van der Waals surface area contributed by atoms with Crippen molar-refractivity contribution < 1.29 is 0 Å². The molecule has 1 heterocycles. The van der Waals surface area contributed by atoms with E-state index in [1.807, 2.05) is 0 Å². The van der Waals surface area contributed by atoms with Gasteiger partial charge in [-0.05, 0) is 31.9 Å². The summed E-state index contributed by atoms with van der Waals surface area (Å²) >= 11 is 0. The van der Waals surface area contributed by atoms with Gasteiger partial charge in [0.2, 0.25) is 0 Å². The molecule has 86 valence electrons. The van der Waals surface area contributed by atoms with Gasteiger partial charge in [0, 0.05) is 23.4 Å². The highest BCUT2D eigenvalue weighted by Gasteiger charge is 2.25. The minimum Gasteiger partial charge on any atom is -0.340 e. The molecule has 0 atom stereocenters. The number of hydrogen-bond donors (Lipinski definition) is 1. The molecule has 0 bridgehead atoms. The fourth-order valence-electron chi connectivity index (χ4n) is 1.83. The van der Waals surface area contributed by atoms with Crippen LogP contribution >= 0.6 is 0 Å². The van der Waals surface area contributed by atoms with E-state index in [0.29, 0.717) is 5.92 Å². The zero-order chi connectivity index (χ0) is 11.7. The maximum Gasteiger partial charge on any atom is 0.133 e. The Balaban J connectivity index is 1.79. The lowest BCUT2D eigenvalue weighted by molar-refractivity contribution is 0.990. The van der Waals surface area contributed by atoms with E-state index in [9.17, 15) is 0 Å². The van der Waals surface area contributed by atoms with Gasteiger partial charge in [-0.3, -0.25) is 0 Å². The van der Waals surface area contributed by atoms with Crippen molar-refractivity contribution in [1.29, 1.82) is 0 Å². The molecule has 1 aromatic carbocycles. The first-order valence-corrected chi connectivity index (χ1v) is 5.97. The minimum atomic E-state index is 0.663. The van der Waals surface area contributed by atoms with Crippen LogP contribution in [0, 0.1) is 6.92 Å². The van der Waals surface area contributed by atoms with Crippen LogP contribution < -0.4 is 5.32 Å². The second kappa shape index (κ2) is 4.17. The zero-order valence-electron chi connectivity index (χ0n) is 9.85. The summed E-state index contributed by atoms with van der Waals surface area (Å²) in [6.45, 7) is 2.08. The van der Waals surface area contributed by atoms with E-state index in [4.69, 9.17) is 0 Å². The van der Waals surface area contributed by atoms with Crippen LogP contribution in [0.1, 0.15) is 30.0 Å². The Labute approximate surface area is 101 Å². The predicted octanol–water partition coefficient (Wildman–Crippen LogP) is 3.41. The maximum atomic E-state index is 4.31. The van der Waals surface area contributed by atoms with Gasteiger partial charge in [0.05, 0.1) is 0 Å². The highest BCUT2D eigenvalue weighted by atomic mass is 15.0. The Kier molecular flexibility index (Phi) is 2.52. The van der Waals surface area contributed by atoms with Gasteiger partial charge in [-0.1, -0.05) is 17.7 Å². The normalized spacial score (nSPS) is 14.6. The van der Waals surface area contributed by atoms with Gasteiger partial charge < -0.3 is 5.32 Å². The summed E-state index contributed by atoms with van der Waals surface area (Å²) in [5, 5.41) is 3.30. The fourth-order valence-corrected chi connectivity index (χ4v) is 1.83. The summed E-state index contributed by atoms with van der Waals surface area (Å²) in [5.41, 5.74) is 3.49. The van der Waals surface area contributed by atoms with Crippen LogP contribution in [0.2, 0.25) is 0 Å². The molecule has 0 radical (unpaired) electrons. The van der Waals surface area contributed by atoms with E-state index in [1.54, 1.807) is 6.33 Å². The third kappa shape index (κ3) is 2.44. The van der Waals surface area contributed by atoms with Crippen molar-refractivity contribution in [1.82, 2.24) is 9.97 Å². The first kappa shape index (κ1) is 10.3. The Morgan fingerprint density at radius 3 is 2.59 bits per heavy atom. The molecular formula is C14H15N3. The molecule has 3 rings (SSSR count). The van der Waals surface area contributed by atoms with Crippen molar-refractivity contribution >= 4 is 11.5 Å². The van der Waals surface area contributed by atoms with E-state index < -0.39 is 0 Å². The maximum absolute atomic E-state index is 4.31. The van der Waals surface area contributed by atoms with E-state index in [1.165, 1.54) is 18.4 Å². The number of aromatic nitrogens is 2. The molecule has 3 nitrogen and oxygen atoms in total. The van der Waals surface area contributed by atoms with Gasteiger partial charge in [0.25, 0.3) is 0 Å². The molecule has 0 aliphatic heterocycles. The van der Waals surface area contributed by atoms with Gasteiger partial charge in [0.1, 0.15) is 12.1 Å². The third-order valence-corrected chi connectivity index (χ3v) is 3.01. The third-order valence-electron chi connectivity index (χ3n) is 3.01. The minimum absolute atomic E-state index is 0.663. The van der Waals surface area contributed by atoms with Crippen molar-refractivity contribution in [3.05, 3.63) is 47.9 Å². The molecule has 17 heavy (non-hydrogen) atoms. The summed E-state index contributed by atoms with van der Waals surface area (Å²) in [4.78, 5) is 8.55. The molecule has 1 fully saturated rings. The van der Waals surface area contributed by atoms with Gasteiger partial charge in [0.15, 0.2) is 0 Å². The smallest absolute Gasteiger partial charge is 0.133 e. The number of anilines is 2. The zero-order valence-corrected chi connectivity index (χ0v) is 9.85. The average molecular weight is 225 g/mol. The van der Waals surface area contributed by atoms with Crippen LogP contribution in [0.3, 0.4) is 0 Å². The number of nitrogens with zero attached hydrogens (tertiary/aromatic N) is 2. The Bertz CT molecular complexity index is 515. The van der Waals surface area contributed by atoms with Crippen LogP contribution in [0.15, 0.2) is 36.7 Å². The predicted molar refractivity (Wildman–Crippen MR) is 68.5 cm³/mol. The van der Waals surface area contributed by atoms with Crippen LogP contribution in [-0.2, 0) is 0 Å². The van der Waals surface area contributed by atoms with E-state index in [-0.39, 0.29) is 0 Å². The Hall–Kier alpha value is -1.90. The molecule has 0 amide bonds. The summed E-state index contributed by atoms with van der Waals surface area (Å²) in [7, 11) is 0. The molecule has 3 heteroatoms. The average Bonchev–Trinajstić information content (AvgIpc) is 3.17. The van der Waals surface area contributed by atoms with Crippen molar-refractivity contribution in [3.8, 4) is 0 Å². The van der Waals surface area contributed by atoms with Crippen molar-refractivity contribution in [2.75, 3.05) is 5.32 Å². The van der Waals surface area contributed by atoms with Gasteiger partial charge >= 0.3 is 0 Å². The summed E-state index contributed by atoms with van der Waals surface area (Å²) in [6, 6.07) is 10.4. The number of aryl methyl sites for hydroxylation is 1. The topological polar surface area (TPSA) is 37.8 Å². The number of rotatable bonds is 3. The summed E-state index contributed by atoms with van der Waals surface area (Å²) < 4.78 is 0. The Morgan fingerprint density at radius 1 is 1.12 bits per heavy atom. The lowest BCUT2D eigenvalue weighted by Gasteiger charge is -2.06. The van der Waals surface area contributed by atoms with Crippen LogP contribution in [-0.4, -0.2) is 9.97 Å². The molecule has 0 saturated heterocycles. The van der Waals surface area contributed by atoms with Crippen LogP contribution in [0.4, 0.5) is 11.5 Å². The molecule has 1 aliphatic rings. The molecular weight excluding hydrogens is 210 g/mol. The van der Waals surface area contributed by atoms with Gasteiger partial charge in [-0.25, -0.2) is 9.97 Å². The van der Waals surface area contributed by atoms with Crippen molar-refractivity contribution in [3.63, 3.8) is 0 Å². The number of hydrogen-bond acceptors (Lipinski definition) is 3. The van der Waals surface area contributed by atoms with Crippen molar-refractivity contribution in [2.45, 2.75) is 25.7 Å². The second-order valence-electron chi connectivity index (χ2n) is 4.59.